The summed E-state index contributed by atoms with van der Waals surface area (Å²) in [5.74, 6) is 2.08. The van der Waals surface area contributed by atoms with Gasteiger partial charge in [-0.2, -0.15) is 0 Å². The molecular formula is C16H27N. The van der Waals surface area contributed by atoms with E-state index < -0.39 is 0 Å². The van der Waals surface area contributed by atoms with Crippen molar-refractivity contribution in [3.8, 4) is 0 Å². The summed E-state index contributed by atoms with van der Waals surface area (Å²) in [7, 11) is 0. The first kappa shape index (κ1) is 14.2. The smallest absolute Gasteiger partial charge is 0.00431 e. The molecule has 0 spiro atoms. The molecule has 0 radical (unpaired) electrons. The Labute approximate surface area is 106 Å². The second-order valence-corrected chi connectivity index (χ2v) is 5.80. The average Bonchev–Trinajstić information content (AvgIpc) is 2.24. The van der Waals surface area contributed by atoms with Crippen molar-refractivity contribution in [3.63, 3.8) is 0 Å². The molecular weight excluding hydrogens is 206 g/mol. The van der Waals surface area contributed by atoms with E-state index in [0.717, 1.165) is 18.9 Å². The molecule has 1 nitrogen and oxygen atoms in total. The number of aryl methyl sites for hydroxylation is 1. The normalized spacial score (nSPS) is 14.9. The zero-order valence-corrected chi connectivity index (χ0v) is 11.7. The van der Waals surface area contributed by atoms with Crippen molar-refractivity contribution in [1.82, 2.24) is 0 Å². The summed E-state index contributed by atoms with van der Waals surface area (Å²) in [6.45, 7) is 9.86. The first-order chi connectivity index (χ1) is 8.02. The Hall–Kier alpha value is -0.820. The number of hydrogen-bond donors (Lipinski definition) is 1. The predicted molar refractivity (Wildman–Crippen MR) is 76.0 cm³/mol. The van der Waals surface area contributed by atoms with Gasteiger partial charge in [0.15, 0.2) is 0 Å². The van der Waals surface area contributed by atoms with E-state index in [9.17, 15) is 0 Å². The third-order valence-corrected chi connectivity index (χ3v) is 3.53. The van der Waals surface area contributed by atoms with Gasteiger partial charge in [0.1, 0.15) is 0 Å². The van der Waals surface area contributed by atoms with Crippen molar-refractivity contribution in [3.05, 3.63) is 35.4 Å². The lowest BCUT2D eigenvalue weighted by atomic mass is 9.83. The third kappa shape index (κ3) is 4.91. The summed E-state index contributed by atoms with van der Waals surface area (Å²) in [4.78, 5) is 0. The Morgan fingerprint density at radius 2 is 1.88 bits per heavy atom. The molecule has 96 valence electrons. The van der Waals surface area contributed by atoms with E-state index >= 15 is 0 Å². The highest BCUT2D eigenvalue weighted by Gasteiger charge is 2.17. The van der Waals surface area contributed by atoms with E-state index in [4.69, 9.17) is 5.73 Å². The molecule has 1 aromatic rings. The van der Waals surface area contributed by atoms with Crippen molar-refractivity contribution in [2.24, 2.45) is 23.5 Å². The topological polar surface area (TPSA) is 26.0 Å². The maximum Gasteiger partial charge on any atom is -0.00431 e. The van der Waals surface area contributed by atoms with Gasteiger partial charge in [-0.3, -0.25) is 0 Å². The van der Waals surface area contributed by atoms with Crippen LogP contribution in [0.5, 0.6) is 0 Å². The first-order valence-corrected chi connectivity index (χ1v) is 6.78. The summed E-state index contributed by atoms with van der Waals surface area (Å²) in [5, 5.41) is 0. The van der Waals surface area contributed by atoms with Crippen LogP contribution in [0.15, 0.2) is 24.3 Å². The Morgan fingerprint density at radius 3 is 2.41 bits per heavy atom. The van der Waals surface area contributed by atoms with Crippen LogP contribution in [0.25, 0.3) is 0 Å². The molecule has 17 heavy (non-hydrogen) atoms. The Balaban J connectivity index is 2.63. The number of hydrogen-bond acceptors (Lipinski definition) is 1. The Bertz CT molecular complexity index is 330. The van der Waals surface area contributed by atoms with Crippen LogP contribution in [0, 0.1) is 24.7 Å². The zero-order chi connectivity index (χ0) is 12.8. The highest BCUT2D eigenvalue weighted by atomic mass is 14.6. The van der Waals surface area contributed by atoms with Crippen molar-refractivity contribution in [2.45, 2.75) is 40.5 Å². The quantitative estimate of drug-likeness (QED) is 0.794. The van der Waals surface area contributed by atoms with Crippen LogP contribution in [-0.2, 0) is 6.42 Å². The van der Waals surface area contributed by atoms with Crippen LogP contribution >= 0.6 is 0 Å². The third-order valence-electron chi connectivity index (χ3n) is 3.53. The molecule has 0 fully saturated rings. The van der Waals surface area contributed by atoms with Crippen molar-refractivity contribution in [2.75, 3.05) is 6.54 Å². The molecule has 2 N–H and O–H groups in total. The Morgan fingerprint density at radius 1 is 1.18 bits per heavy atom. The van der Waals surface area contributed by atoms with Crippen LogP contribution < -0.4 is 5.73 Å². The Kier molecular flexibility index (Phi) is 5.70. The summed E-state index contributed by atoms with van der Waals surface area (Å²) < 4.78 is 0. The molecule has 2 unspecified atom stereocenters. The fraction of sp³-hybridized carbons (Fsp3) is 0.625. The van der Waals surface area contributed by atoms with E-state index in [1.807, 2.05) is 0 Å². The van der Waals surface area contributed by atoms with Gasteiger partial charge in [0, 0.05) is 0 Å². The van der Waals surface area contributed by atoms with Gasteiger partial charge in [0.25, 0.3) is 0 Å². The standard InChI is InChI=1S/C16H27N/c1-12(2)8-14(4)16(11-17)10-15-7-5-6-13(3)9-15/h5-7,9,12,14,16H,8,10-11,17H2,1-4H3. The molecule has 1 rings (SSSR count). The first-order valence-electron chi connectivity index (χ1n) is 6.78. The highest BCUT2D eigenvalue weighted by molar-refractivity contribution is 5.22. The zero-order valence-electron chi connectivity index (χ0n) is 11.7. The summed E-state index contributed by atoms with van der Waals surface area (Å²) in [6, 6.07) is 8.80. The van der Waals surface area contributed by atoms with E-state index in [-0.39, 0.29) is 0 Å². The molecule has 0 heterocycles. The van der Waals surface area contributed by atoms with Crippen LogP contribution in [-0.4, -0.2) is 6.54 Å². The van der Waals surface area contributed by atoms with Gasteiger partial charge in [0.05, 0.1) is 0 Å². The SMILES string of the molecule is Cc1cccc(CC(CN)C(C)CC(C)C)c1. The van der Waals surface area contributed by atoms with Crippen LogP contribution in [0.2, 0.25) is 0 Å². The van der Waals surface area contributed by atoms with Gasteiger partial charge in [-0.15, -0.1) is 0 Å². The van der Waals surface area contributed by atoms with E-state index in [1.165, 1.54) is 17.5 Å². The molecule has 0 aliphatic heterocycles. The minimum absolute atomic E-state index is 0.610. The summed E-state index contributed by atoms with van der Waals surface area (Å²) in [5.41, 5.74) is 8.70. The molecule has 0 aromatic heterocycles. The van der Waals surface area contributed by atoms with Crippen molar-refractivity contribution in [1.29, 1.82) is 0 Å². The minimum atomic E-state index is 0.610. The van der Waals surface area contributed by atoms with Crippen molar-refractivity contribution < 1.29 is 0 Å². The van der Waals surface area contributed by atoms with Gasteiger partial charge < -0.3 is 5.73 Å². The van der Waals surface area contributed by atoms with Crippen LogP contribution in [0.1, 0.15) is 38.3 Å². The van der Waals surface area contributed by atoms with E-state index in [1.54, 1.807) is 0 Å². The lowest BCUT2D eigenvalue weighted by Gasteiger charge is -2.24. The predicted octanol–water partition coefficient (Wildman–Crippen LogP) is 3.79. The van der Waals surface area contributed by atoms with Crippen LogP contribution in [0.4, 0.5) is 0 Å². The molecule has 1 heteroatoms. The lowest BCUT2D eigenvalue weighted by molar-refractivity contribution is 0.307. The molecule has 1 aromatic carbocycles. The second-order valence-electron chi connectivity index (χ2n) is 5.80. The molecule has 0 saturated carbocycles. The van der Waals surface area contributed by atoms with Gasteiger partial charge in [-0.05, 0) is 49.6 Å². The molecule has 0 aliphatic carbocycles. The second kappa shape index (κ2) is 6.80. The van der Waals surface area contributed by atoms with E-state index in [2.05, 4.69) is 52.0 Å². The average molecular weight is 233 g/mol. The molecule has 0 amide bonds. The largest absolute Gasteiger partial charge is 0.330 e. The van der Waals surface area contributed by atoms with Gasteiger partial charge in [-0.1, -0.05) is 50.6 Å². The number of nitrogens with two attached hydrogens (primary N) is 1. The number of rotatable bonds is 6. The van der Waals surface area contributed by atoms with Gasteiger partial charge in [-0.25, -0.2) is 0 Å². The molecule has 0 bridgehead atoms. The summed E-state index contributed by atoms with van der Waals surface area (Å²) >= 11 is 0. The highest BCUT2D eigenvalue weighted by Crippen LogP contribution is 2.23. The van der Waals surface area contributed by atoms with Gasteiger partial charge in [0.2, 0.25) is 0 Å². The van der Waals surface area contributed by atoms with Gasteiger partial charge >= 0.3 is 0 Å². The van der Waals surface area contributed by atoms with Crippen molar-refractivity contribution >= 4 is 0 Å². The molecule has 0 saturated heterocycles. The lowest BCUT2D eigenvalue weighted by Crippen LogP contribution is -2.25. The maximum atomic E-state index is 5.94. The number of benzene rings is 1. The maximum absolute atomic E-state index is 5.94. The fourth-order valence-corrected chi connectivity index (χ4v) is 2.59. The summed E-state index contributed by atoms with van der Waals surface area (Å²) in [6.07, 6.45) is 2.39. The minimum Gasteiger partial charge on any atom is -0.330 e. The molecule has 2 atom stereocenters. The van der Waals surface area contributed by atoms with Crippen LogP contribution in [0.3, 0.4) is 0 Å². The van der Waals surface area contributed by atoms with E-state index in [0.29, 0.717) is 11.8 Å². The monoisotopic (exact) mass is 233 g/mol. The molecule has 0 aliphatic rings. The fourth-order valence-electron chi connectivity index (χ4n) is 2.59.